The van der Waals surface area contributed by atoms with Crippen molar-refractivity contribution < 1.29 is 14.3 Å². The minimum Gasteiger partial charge on any atom is -0.469 e. The molecular weight excluding hydrogens is 282 g/mol. The van der Waals surface area contributed by atoms with Crippen molar-refractivity contribution in [2.24, 2.45) is 0 Å². The average Bonchev–Trinajstić information content (AvgIpc) is 2.93. The highest BCUT2D eigenvalue weighted by Gasteiger charge is 2.22. The molecule has 108 valence electrons. The van der Waals surface area contributed by atoms with E-state index in [4.69, 9.17) is 0 Å². The van der Waals surface area contributed by atoms with Crippen molar-refractivity contribution in [3.05, 3.63) is 22.1 Å². The highest BCUT2D eigenvalue weighted by Crippen LogP contribution is 2.20. The number of rotatable bonds is 4. The average molecular weight is 297 g/mol. The van der Waals surface area contributed by atoms with Crippen LogP contribution in [-0.4, -0.2) is 52.8 Å². The van der Waals surface area contributed by atoms with E-state index in [1.807, 2.05) is 0 Å². The summed E-state index contributed by atoms with van der Waals surface area (Å²) in [5, 5.41) is 0.642. The number of aromatic nitrogens is 2. The standard InChI is InChI=1S/C12H15N3O4S/c1-14(4-3-9(16)19-2)10(17)8-7-13-12-15(11(8)18)5-6-20-12/h7H,3-6H2,1-2H3. The number of hydrogen-bond acceptors (Lipinski definition) is 6. The Balaban J connectivity index is 2.13. The number of esters is 1. The zero-order chi connectivity index (χ0) is 14.7. The van der Waals surface area contributed by atoms with Gasteiger partial charge in [-0.15, -0.1) is 0 Å². The van der Waals surface area contributed by atoms with Crippen LogP contribution in [0.3, 0.4) is 0 Å². The van der Waals surface area contributed by atoms with E-state index in [-0.39, 0.29) is 24.1 Å². The molecular formula is C12H15N3O4S. The van der Waals surface area contributed by atoms with Crippen molar-refractivity contribution in [3.63, 3.8) is 0 Å². The number of carbonyl (C=O) groups is 2. The predicted molar refractivity (Wildman–Crippen MR) is 72.8 cm³/mol. The Labute approximate surface area is 119 Å². The molecule has 7 nitrogen and oxygen atoms in total. The van der Waals surface area contributed by atoms with Crippen LogP contribution in [0.5, 0.6) is 0 Å². The van der Waals surface area contributed by atoms with E-state index >= 15 is 0 Å². The first kappa shape index (κ1) is 14.6. The van der Waals surface area contributed by atoms with Crippen LogP contribution in [0.1, 0.15) is 16.8 Å². The van der Waals surface area contributed by atoms with Gasteiger partial charge in [-0.05, 0) is 0 Å². The van der Waals surface area contributed by atoms with Gasteiger partial charge in [0.2, 0.25) is 0 Å². The molecule has 0 saturated heterocycles. The summed E-state index contributed by atoms with van der Waals surface area (Å²) in [6.45, 7) is 0.764. The summed E-state index contributed by atoms with van der Waals surface area (Å²) in [7, 11) is 2.83. The van der Waals surface area contributed by atoms with Gasteiger partial charge in [0.25, 0.3) is 11.5 Å². The van der Waals surface area contributed by atoms with E-state index in [1.165, 1.54) is 41.6 Å². The number of ether oxygens (including phenoxy) is 1. The first-order valence-electron chi connectivity index (χ1n) is 6.09. The van der Waals surface area contributed by atoms with Gasteiger partial charge in [0.15, 0.2) is 5.16 Å². The second-order valence-corrected chi connectivity index (χ2v) is 5.37. The first-order valence-corrected chi connectivity index (χ1v) is 7.08. The van der Waals surface area contributed by atoms with Gasteiger partial charge in [0.1, 0.15) is 5.56 Å². The SMILES string of the molecule is COC(=O)CCN(C)C(=O)c1cnc2n(c1=O)CCS2. The van der Waals surface area contributed by atoms with Gasteiger partial charge < -0.3 is 9.64 Å². The van der Waals surface area contributed by atoms with E-state index in [0.29, 0.717) is 11.7 Å². The molecule has 0 aromatic carbocycles. The van der Waals surface area contributed by atoms with E-state index in [2.05, 4.69) is 9.72 Å². The number of amides is 1. The number of carbonyl (C=O) groups excluding carboxylic acids is 2. The maximum atomic E-state index is 12.2. The molecule has 0 unspecified atom stereocenters. The van der Waals surface area contributed by atoms with Crippen molar-refractivity contribution in [2.75, 3.05) is 26.5 Å². The molecule has 0 atom stereocenters. The molecule has 2 rings (SSSR count). The Kier molecular flexibility index (Phi) is 4.43. The molecule has 0 aliphatic carbocycles. The molecule has 1 aromatic heterocycles. The minimum atomic E-state index is -0.432. The Morgan fingerprint density at radius 1 is 1.55 bits per heavy atom. The lowest BCUT2D eigenvalue weighted by molar-refractivity contribution is -0.140. The normalized spacial score (nSPS) is 12.9. The molecule has 0 N–H and O–H groups in total. The number of fused-ring (bicyclic) bond motifs is 1. The van der Waals surface area contributed by atoms with Gasteiger partial charge in [-0.1, -0.05) is 11.8 Å². The maximum absolute atomic E-state index is 12.2. The van der Waals surface area contributed by atoms with Crippen molar-refractivity contribution in [1.29, 1.82) is 0 Å². The van der Waals surface area contributed by atoms with Crippen LogP contribution in [0.15, 0.2) is 16.1 Å². The maximum Gasteiger partial charge on any atom is 0.307 e. The van der Waals surface area contributed by atoms with Gasteiger partial charge >= 0.3 is 5.97 Å². The third-order valence-electron chi connectivity index (χ3n) is 3.01. The Morgan fingerprint density at radius 2 is 2.30 bits per heavy atom. The Morgan fingerprint density at radius 3 is 3.00 bits per heavy atom. The molecule has 0 spiro atoms. The molecule has 1 aliphatic heterocycles. The van der Waals surface area contributed by atoms with Crippen molar-refractivity contribution in [3.8, 4) is 0 Å². The third-order valence-corrected chi connectivity index (χ3v) is 3.98. The number of hydrogen-bond donors (Lipinski definition) is 0. The molecule has 8 heteroatoms. The van der Waals surface area contributed by atoms with Crippen molar-refractivity contribution in [1.82, 2.24) is 14.5 Å². The molecule has 0 radical (unpaired) electrons. The van der Waals surface area contributed by atoms with E-state index in [9.17, 15) is 14.4 Å². The number of nitrogens with zero attached hydrogens (tertiary/aromatic N) is 3. The van der Waals surface area contributed by atoms with Crippen LogP contribution in [0.2, 0.25) is 0 Å². The topological polar surface area (TPSA) is 81.5 Å². The van der Waals surface area contributed by atoms with Crippen molar-refractivity contribution >= 4 is 23.6 Å². The summed E-state index contributed by atoms with van der Waals surface area (Å²) in [6, 6.07) is 0. The first-order chi connectivity index (χ1) is 9.54. The van der Waals surface area contributed by atoms with Gasteiger partial charge in [-0.2, -0.15) is 0 Å². The van der Waals surface area contributed by atoms with E-state index in [1.54, 1.807) is 0 Å². The highest BCUT2D eigenvalue weighted by atomic mass is 32.2. The number of thioether (sulfide) groups is 1. The quantitative estimate of drug-likeness (QED) is 0.574. The summed E-state index contributed by atoms with van der Waals surface area (Å²) >= 11 is 1.49. The lowest BCUT2D eigenvalue weighted by Gasteiger charge is -2.16. The zero-order valence-electron chi connectivity index (χ0n) is 11.3. The molecule has 0 bridgehead atoms. The molecule has 1 aliphatic rings. The van der Waals surface area contributed by atoms with Gasteiger partial charge in [-0.25, -0.2) is 4.98 Å². The lowest BCUT2D eigenvalue weighted by Crippen LogP contribution is -2.35. The molecule has 1 amide bonds. The largest absolute Gasteiger partial charge is 0.469 e. The van der Waals surface area contributed by atoms with Crippen LogP contribution in [0.25, 0.3) is 0 Å². The molecule has 20 heavy (non-hydrogen) atoms. The fraction of sp³-hybridized carbons (Fsp3) is 0.500. The summed E-state index contributed by atoms with van der Waals surface area (Å²) in [6.07, 6.45) is 1.40. The van der Waals surface area contributed by atoms with Crippen LogP contribution in [0, 0.1) is 0 Å². The lowest BCUT2D eigenvalue weighted by atomic mass is 10.2. The molecule has 1 aromatic rings. The minimum absolute atomic E-state index is 0.0311. The summed E-state index contributed by atoms with van der Waals surface area (Å²) in [5.74, 6) is -0.0404. The Hall–Kier alpha value is -1.83. The predicted octanol–water partition coefficient (Wildman–Crippen LogP) is -0.0159. The Bertz CT molecular complexity index is 599. The fourth-order valence-corrected chi connectivity index (χ4v) is 2.75. The van der Waals surface area contributed by atoms with Gasteiger partial charge in [0, 0.05) is 32.1 Å². The van der Waals surface area contributed by atoms with Crippen LogP contribution >= 0.6 is 11.8 Å². The smallest absolute Gasteiger partial charge is 0.307 e. The second-order valence-electron chi connectivity index (χ2n) is 4.31. The van der Waals surface area contributed by atoms with Gasteiger partial charge in [-0.3, -0.25) is 19.0 Å². The second kappa shape index (κ2) is 6.08. The van der Waals surface area contributed by atoms with Crippen LogP contribution in [0.4, 0.5) is 0 Å². The third kappa shape index (κ3) is 2.84. The molecule has 2 heterocycles. The number of methoxy groups -OCH3 is 1. The monoisotopic (exact) mass is 297 g/mol. The van der Waals surface area contributed by atoms with Crippen LogP contribution in [-0.2, 0) is 16.1 Å². The summed E-state index contributed by atoms with van der Waals surface area (Å²) < 4.78 is 6.02. The fourth-order valence-electron chi connectivity index (χ4n) is 1.83. The zero-order valence-corrected chi connectivity index (χ0v) is 12.1. The summed E-state index contributed by atoms with van der Waals surface area (Å²) in [5.41, 5.74) is -0.293. The van der Waals surface area contributed by atoms with Crippen molar-refractivity contribution in [2.45, 2.75) is 18.1 Å². The van der Waals surface area contributed by atoms with E-state index < -0.39 is 11.9 Å². The highest BCUT2D eigenvalue weighted by molar-refractivity contribution is 7.99. The van der Waals surface area contributed by atoms with E-state index in [0.717, 1.165) is 5.75 Å². The van der Waals surface area contributed by atoms with Crippen LogP contribution < -0.4 is 5.56 Å². The summed E-state index contributed by atoms with van der Waals surface area (Å²) in [4.78, 5) is 40.9. The molecule has 0 saturated carbocycles. The molecule has 0 fully saturated rings. The van der Waals surface area contributed by atoms with Gasteiger partial charge in [0.05, 0.1) is 13.5 Å².